The van der Waals surface area contributed by atoms with Crippen LogP contribution in [0.5, 0.6) is 5.88 Å². The molecule has 3 aromatic rings. The van der Waals surface area contributed by atoms with Crippen LogP contribution in [0.15, 0.2) is 48.8 Å². The molecular weight excluding hydrogens is 322 g/mol. The van der Waals surface area contributed by atoms with Gasteiger partial charge in [0.15, 0.2) is 0 Å². The SMILES string of the molecule is CCOc1ccc(-c2cnc3c(c2)Cc2cccc(C#N)c2CC3)cn1. The standard InChI is InChI=1S/C22H19N3O/c1-2-26-22-9-6-17(13-25-22)19-11-18-10-15-4-3-5-16(12-23)20(15)7-8-21(18)24-14-19/h3-6,9,11,13-14H,2,7-8,10H2,1H3. The van der Waals surface area contributed by atoms with E-state index in [1.54, 1.807) is 0 Å². The second kappa shape index (κ2) is 6.97. The molecule has 4 nitrogen and oxygen atoms in total. The third-order valence-electron chi connectivity index (χ3n) is 4.81. The molecule has 0 unspecified atom stereocenters. The molecule has 0 amide bonds. The lowest BCUT2D eigenvalue weighted by molar-refractivity contribution is 0.327. The van der Waals surface area contributed by atoms with Gasteiger partial charge < -0.3 is 4.74 Å². The average molecular weight is 341 g/mol. The number of fused-ring (bicyclic) bond motifs is 2. The summed E-state index contributed by atoms with van der Waals surface area (Å²) in [4.78, 5) is 9.06. The Hall–Kier alpha value is -3.19. The average Bonchev–Trinajstić information content (AvgIpc) is 2.87. The van der Waals surface area contributed by atoms with Crippen LogP contribution in [-0.4, -0.2) is 16.6 Å². The Balaban J connectivity index is 1.69. The van der Waals surface area contributed by atoms with Crippen molar-refractivity contribution in [1.29, 1.82) is 5.26 Å². The summed E-state index contributed by atoms with van der Waals surface area (Å²) in [6, 6.07) is 14.4. The van der Waals surface area contributed by atoms with E-state index in [-0.39, 0.29) is 0 Å². The van der Waals surface area contributed by atoms with E-state index < -0.39 is 0 Å². The number of pyridine rings is 2. The van der Waals surface area contributed by atoms with Gasteiger partial charge in [-0.05, 0) is 61.1 Å². The zero-order valence-corrected chi connectivity index (χ0v) is 14.7. The molecule has 2 heterocycles. The van der Waals surface area contributed by atoms with Gasteiger partial charge in [0.2, 0.25) is 5.88 Å². The molecule has 2 aromatic heterocycles. The number of ether oxygens (including phenoxy) is 1. The molecule has 0 bridgehead atoms. The summed E-state index contributed by atoms with van der Waals surface area (Å²) in [6.07, 6.45) is 6.28. The van der Waals surface area contributed by atoms with E-state index in [4.69, 9.17) is 9.72 Å². The van der Waals surface area contributed by atoms with Crippen molar-refractivity contribution in [2.45, 2.75) is 26.2 Å². The van der Waals surface area contributed by atoms with Crippen molar-refractivity contribution in [2.75, 3.05) is 6.61 Å². The number of nitriles is 1. The summed E-state index contributed by atoms with van der Waals surface area (Å²) in [6.45, 7) is 2.55. The van der Waals surface area contributed by atoms with Crippen LogP contribution in [0.2, 0.25) is 0 Å². The Morgan fingerprint density at radius 3 is 2.69 bits per heavy atom. The number of nitrogens with zero attached hydrogens (tertiary/aromatic N) is 3. The topological polar surface area (TPSA) is 58.8 Å². The number of aryl methyl sites for hydroxylation is 1. The van der Waals surface area contributed by atoms with Gasteiger partial charge in [-0.25, -0.2) is 4.98 Å². The molecule has 26 heavy (non-hydrogen) atoms. The first-order chi connectivity index (χ1) is 12.8. The highest BCUT2D eigenvalue weighted by Crippen LogP contribution is 2.29. The highest BCUT2D eigenvalue weighted by molar-refractivity contribution is 5.63. The van der Waals surface area contributed by atoms with Crippen molar-refractivity contribution in [2.24, 2.45) is 0 Å². The van der Waals surface area contributed by atoms with Crippen molar-refractivity contribution in [3.8, 4) is 23.1 Å². The summed E-state index contributed by atoms with van der Waals surface area (Å²) >= 11 is 0. The molecule has 0 saturated heterocycles. The normalized spacial score (nSPS) is 12.5. The third kappa shape index (κ3) is 3.04. The fraction of sp³-hybridized carbons (Fsp3) is 0.227. The van der Waals surface area contributed by atoms with E-state index in [0.717, 1.165) is 47.2 Å². The summed E-state index contributed by atoms with van der Waals surface area (Å²) in [5.74, 6) is 0.636. The first-order valence-corrected chi connectivity index (χ1v) is 8.86. The van der Waals surface area contributed by atoms with Crippen molar-refractivity contribution >= 4 is 0 Å². The van der Waals surface area contributed by atoms with Gasteiger partial charge in [0, 0.05) is 35.3 Å². The lowest BCUT2D eigenvalue weighted by Crippen LogP contribution is -1.98. The van der Waals surface area contributed by atoms with Crippen LogP contribution in [0, 0.1) is 11.3 Å². The largest absolute Gasteiger partial charge is 0.478 e. The van der Waals surface area contributed by atoms with Gasteiger partial charge in [-0.1, -0.05) is 12.1 Å². The van der Waals surface area contributed by atoms with Gasteiger partial charge in [0.25, 0.3) is 0 Å². The number of hydrogen-bond acceptors (Lipinski definition) is 4. The van der Waals surface area contributed by atoms with Crippen LogP contribution >= 0.6 is 0 Å². The predicted molar refractivity (Wildman–Crippen MR) is 100 cm³/mol. The van der Waals surface area contributed by atoms with E-state index in [2.05, 4.69) is 23.2 Å². The van der Waals surface area contributed by atoms with Crippen LogP contribution in [0.4, 0.5) is 0 Å². The Kier molecular flexibility index (Phi) is 4.37. The molecular formula is C22H19N3O. The molecule has 4 heteroatoms. The lowest BCUT2D eigenvalue weighted by atomic mass is 9.96. The van der Waals surface area contributed by atoms with Crippen molar-refractivity contribution in [1.82, 2.24) is 9.97 Å². The van der Waals surface area contributed by atoms with Crippen LogP contribution in [0.25, 0.3) is 11.1 Å². The third-order valence-corrected chi connectivity index (χ3v) is 4.81. The summed E-state index contributed by atoms with van der Waals surface area (Å²) in [7, 11) is 0. The quantitative estimate of drug-likeness (QED) is 0.719. The molecule has 0 saturated carbocycles. The summed E-state index contributed by atoms with van der Waals surface area (Å²) in [5.41, 5.74) is 7.60. The number of hydrogen-bond donors (Lipinski definition) is 0. The Morgan fingerprint density at radius 1 is 1.04 bits per heavy atom. The van der Waals surface area contributed by atoms with Gasteiger partial charge in [-0.3, -0.25) is 4.98 Å². The first-order valence-electron chi connectivity index (χ1n) is 8.86. The second-order valence-electron chi connectivity index (χ2n) is 6.38. The molecule has 1 aliphatic carbocycles. The number of rotatable bonds is 3. The maximum absolute atomic E-state index is 9.37. The molecule has 0 spiro atoms. The van der Waals surface area contributed by atoms with Gasteiger partial charge in [0.05, 0.1) is 18.2 Å². The minimum atomic E-state index is 0.608. The predicted octanol–water partition coefficient (Wildman–Crippen LogP) is 4.10. The number of aromatic nitrogens is 2. The Morgan fingerprint density at radius 2 is 1.92 bits per heavy atom. The van der Waals surface area contributed by atoms with Gasteiger partial charge in [-0.2, -0.15) is 5.26 Å². The van der Waals surface area contributed by atoms with E-state index in [1.165, 1.54) is 11.1 Å². The maximum Gasteiger partial charge on any atom is 0.213 e. The molecule has 4 rings (SSSR count). The highest BCUT2D eigenvalue weighted by Gasteiger charge is 2.17. The fourth-order valence-electron chi connectivity index (χ4n) is 3.51. The van der Waals surface area contributed by atoms with Crippen LogP contribution in [-0.2, 0) is 19.3 Å². The minimum absolute atomic E-state index is 0.608. The van der Waals surface area contributed by atoms with E-state index in [9.17, 15) is 5.26 Å². The van der Waals surface area contributed by atoms with Gasteiger partial charge >= 0.3 is 0 Å². The monoisotopic (exact) mass is 341 g/mol. The summed E-state index contributed by atoms with van der Waals surface area (Å²) < 4.78 is 5.41. The number of benzene rings is 1. The van der Waals surface area contributed by atoms with Crippen molar-refractivity contribution in [3.63, 3.8) is 0 Å². The minimum Gasteiger partial charge on any atom is -0.478 e. The van der Waals surface area contributed by atoms with Crippen molar-refractivity contribution in [3.05, 3.63) is 76.7 Å². The Bertz CT molecular complexity index is 987. The molecule has 1 aromatic carbocycles. The molecule has 128 valence electrons. The molecule has 0 atom stereocenters. The smallest absolute Gasteiger partial charge is 0.213 e. The maximum atomic E-state index is 9.37. The van der Waals surface area contributed by atoms with Crippen LogP contribution < -0.4 is 4.74 Å². The Labute approximate surface area is 153 Å². The van der Waals surface area contributed by atoms with Gasteiger partial charge in [-0.15, -0.1) is 0 Å². The van der Waals surface area contributed by atoms with Gasteiger partial charge in [0.1, 0.15) is 0 Å². The molecule has 0 radical (unpaired) electrons. The molecule has 0 aliphatic heterocycles. The molecule has 1 aliphatic rings. The first kappa shape index (κ1) is 16.3. The lowest BCUT2D eigenvalue weighted by Gasteiger charge is -2.09. The van der Waals surface area contributed by atoms with Crippen molar-refractivity contribution < 1.29 is 4.74 Å². The van der Waals surface area contributed by atoms with E-state index >= 15 is 0 Å². The summed E-state index contributed by atoms with van der Waals surface area (Å²) in [5, 5.41) is 9.37. The second-order valence-corrected chi connectivity index (χ2v) is 6.38. The van der Waals surface area contributed by atoms with Crippen LogP contribution in [0.3, 0.4) is 0 Å². The zero-order valence-electron chi connectivity index (χ0n) is 14.7. The highest BCUT2D eigenvalue weighted by atomic mass is 16.5. The molecule has 0 fully saturated rings. The zero-order chi connectivity index (χ0) is 17.9. The van der Waals surface area contributed by atoms with Crippen LogP contribution in [0.1, 0.15) is 34.9 Å². The van der Waals surface area contributed by atoms with E-state index in [0.29, 0.717) is 12.5 Å². The van der Waals surface area contributed by atoms with E-state index in [1.807, 2.05) is 43.6 Å². The fourth-order valence-corrected chi connectivity index (χ4v) is 3.51. The molecule has 0 N–H and O–H groups in total.